The van der Waals surface area contributed by atoms with Gasteiger partial charge in [-0.05, 0) is 24.6 Å². The third-order valence-corrected chi connectivity index (χ3v) is 2.44. The van der Waals surface area contributed by atoms with Crippen LogP contribution in [0.2, 0.25) is 0 Å². The van der Waals surface area contributed by atoms with Gasteiger partial charge in [0.2, 0.25) is 0 Å². The first-order valence-corrected chi connectivity index (χ1v) is 5.55. The second-order valence-corrected chi connectivity index (χ2v) is 3.84. The molecule has 2 aromatic rings. The lowest BCUT2D eigenvalue weighted by Crippen LogP contribution is -1.99. The summed E-state index contributed by atoms with van der Waals surface area (Å²) in [6.07, 6.45) is 2.39. The predicted octanol–water partition coefficient (Wildman–Crippen LogP) is 2.85. The monoisotopic (exact) mass is 234 g/mol. The summed E-state index contributed by atoms with van der Waals surface area (Å²) < 4.78 is 10.8. The standard InChI is InChI=1S/C13H14O4/c1-2-5-16-10-3-4-12-11(7-10)9(8-17-12)6-13(14)15/h3-4,7-8H,2,5-6H2,1H3,(H,14,15). The van der Waals surface area contributed by atoms with Crippen LogP contribution >= 0.6 is 0 Å². The Morgan fingerprint density at radius 3 is 3.00 bits per heavy atom. The van der Waals surface area contributed by atoms with Crippen molar-refractivity contribution in [3.05, 3.63) is 30.0 Å². The van der Waals surface area contributed by atoms with Gasteiger partial charge in [-0.2, -0.15) is 0 Å². The van der Waals surface area contributed by atoms with Crippen LogP contribution in [0.25, 0.3) is 11.0 Å². The normalized spacial score (nSPS) is 10.6. The van der Waals surface area contributed by atoms with Gasteiger partial charge in [0.1, 0.15) is 11.3 Å². The Bertz CT molecular complexity index is 527. The van der Waals surface area contributed by atoms with E-state index in [1.807, 2.05) is 19.1 Å². The average Bonchev–Trinajstić information content (AvgIpc) is 2.69. The predicted molar refractivity (Wildman–Crippen MR) is 63.3 cm³/mol. The summed E-state index contributed by atoms with van der Waals surface area (Å²) in [4.78, 5) is 10.7. The van der Waals surface area contributed by atoms with E-state index in [0.29, 0.717) is 17.8 Å². The van der Waals surface area contributed by atoms with Crippen molar-refractivity contribution in [2.45, 2.75) is 19.8 Å². The molecule has 0 bridgehead atoms. The van der Waals surface area contributed by atoms with Gasteiger partial charge in [-0.3, -0.25) is 4.79 Å². The van der Waals surface area contributed by atoms with Crippen molar-refractivity contribution < 1.29 is 19.1 Å². The fraction of sp³-hybridized carbons (Fsp3) is 0.308. The topological polar surface area (TPSA) is 59.7 Å². The van der Waals surface area contributed by atoms with Gasteiger partial charge in [0, 0.05) is 10.9 Å². The van der Waals surface area contributed by atoms with E-state index in [9.17, 15) is 4.79 Å². The zero-order valence-corrected chi connectivity index (χ0v) is 9.60. The van der Waals surface area contributed by atoms with Gasteiger partial charge in [0.05, 0.1) is 19.3 Å². The Kier molecular flexibility index (Phi) is 3.32. The van der Waals surface area contributed by atoms with Crippen molar-refractivity contribution in [1.29, 1.82) is 0 Å². The molecule has 0 fully saturated rings. The van der Waals surface area contributed by atoms with Crippen molar-refractivity contribution in [3.63, 3.8) is 0 Å². The van der Waals surface area contributed by atoms with Gasteiger partial charge in [-0.15, -0.1) is 0 Å². The summed E-state index contributed by atoms with van der Waals surface area (Å²) >= 11 is 0. The highest BCUT2D eigenvalue weighted by Crippen LogP contribution is 2.26. The largest absolute Gasteiger partial charge is 0.494 e. The molecular weight excluding hydrogens is 220 g/mol. The first-order chi connectivity index (χ1) is 8.20. The molecular formula is C13H14O4. The highest BCUT2D eigenvalue weighted by molar-refractivity contribution is 5.86. The average molecular weight is 234 g/mol. The van der Waals surface area contributed by atoms with E-state index >= 15 is 0 Å². The molecule has 90 valence electrons. The van der Waals surface area contributed by atoms with E-state index in [0.717, 1.165) is 17.6 Å². The molecule has 17 heavy (non-hydrogen) atoms. The number of benzene rings is 1. The number of carboxylic acid groups (broad SMARTS) is 1. The lowest BCUT2D eigenvalue weighted by Gasteiger charge is -2.04. The van der Waals surface area contributed by atoms with Crippen molar-refractivity contribution in [2.75, 3.05) is 6.61 Å². The third kappa shape index (κ3) is 2.58. The van der Waals surface area contributed by atoms with Crippen LogP contribution in [0.4, 0.5) is 0 Å². The van der Waals surface area contributed by atoms with E-state index in [1.165, 1.54) is 6.26 Å². The lowest BCUT2D eigenvalue weighted by molar-refractivity contribution is -0.136. The third-order valence-electron chi connectivity index (χ3n) is 2.44. The fourth-order valence-corrected chi connectivity index (χ4v) is 1.67. The van der Waals surface area contributed by atoms with Crippen LogP contribution in [-0.2, 0) is 11.2 Å². The van der Waals surface area contributed by atoms with Crippen molar-refractivity contribution >= 4 is 16.9 Å². The summed E-state index contributed by atoms with van der Waals surface area (Å²) in [5, 5.41) is 9.59. The Morgan fingerprint density at radius 1 is 1.47 bits per heavy atom. The molecule has 4 nitrogen and oxygen atoms in total. The molecule has 1 aromatic heterocycles. The molecule has 0 aliphatic carbocycles. The SMILES string of the molecule is CCCOc1ccc2occ(CC(=O)O)c2c1. The zero-order valence-electron chi connectivity index (χ0n) is 9.60. The summed E-state index contributed by atoms with van der Waals surface area (Å²) in [6, 6.07) is 5.45. The zero-order chi connectivity index (χ0) is 12.3. The smallest absolute Gasteiger partial charge is 0.307 e. The van der Waals surface area contributed by atoms with Crippen molar-refractivity contribution in [1.82, 2.24) is 0 Å². The van der Waals surface area contributed by atoms with E-state index in [1.54, 1.807) is 6.07 Å². The number of carboxylic acids is 1. The van der Waals surface area contributed by atoms with E-state index in [4.69, 9.17) is 14.3 Å². The molecule has 1 aromatic carbocycles. The van der Waals surface area contributed by atoms with Crippen LogP contribution in [0.1, 0.15) is 18.9 Å². The van der Waals surface area contributed by atoms with Crippen LogP contribution in [0.5, 0.6) is 5.75 Å². The van der Waals surface area contributed by atoms with Crippen LogP contribution in [0, 0.1) is 0 Å². The van der Waals surface area contributed by atoms with Crippen molar-refractivity contribution in [3.8, 4) is 5.75 Å². The molecule has 0 aliphatic heterocycles. The van der Waals surface area contributed by atoms with Crippen LogP contribution in [0.15, 0.2) is 28.9 Å². The number of carbonyl (C=O) groups is 1. The van der Waals surface area contributed by atoms with E-state index in [2.05, 4.69) is 0 Å². The van der Waals surface area contributed by atoms with Gasteiger partial charge in [-0.25, -0.2) is 0 Å². The molecule has 0 unspecified atom stereocenters. The Balaban J connectivity index is 2.32. The second-order valence-electron chi connectivity index (χ2n) is 3.84. The summed E-state index contributed by atoms with van der Waals surface area (Å²) in [5.41, 5.74) is 1.36. The lowest BCUT2D eigenvalue weighted by atomic mass is 10.1. The van der Waals surface area contributed by atoms with Crippen LogP contribution in [-0.4, -0.2) is 17.7 Å². The first kappa shape index (κ1) is 11.5. The maximum absolute atomic E-state index is 10.7. The highest BCUT2D eigenvalue weighted by Gasteiger charge is 2.10. The second kappa shape index (κ2) is 4.91. The van der Waals surface area contributed by atoms with Crippen molar-refractivity contribution in [2.24, 2.45) is 0 Å². The first-order valence-electron chi connectivity index (χ1n) is 5.55. The molecule has 0 spiro atoms. The molecule has 0 radical (unpaired) electrons. The molecule has 1 N–H and O–H groups in total. The molecule has 0 amide bonds. The molecule has 0 aliphatic rings. The van der Waals surface area contributed by atoms with Gasteiger partial charge in [-0.1, -0.05) is 6.92 Å². The summed E-state index contributed by atoms with van der Waals surface area (Å²) in [7, 11) is 0. The minimum absolute atomic E-state index is 0.0375. The van der Waals surface area contributed by atoms with E-state index < -0.39 is 5.97 Å². The minimum Gasteiger partial charge on any atom is -0.494 e. The number of hydrogen-bond donors (Lipinski definition) is 1. The number of fused-ring (bicyclic) bond motifs is 1. The maximum atomic E-state index is 10.7. The molecule has 2 rings (SSSR count). The Hall–Kier alpha value is -1.97. The quantitative estimate of drug-likeness (QED) is 0.864. The summed E-state index contributed by atoms with van der Waals surface area (Å²) in [5.74, 6) is -0.125. The molecule has 1 heterocycles. The maximum Gasteiger partial charge on any atom is 0.307 e. The molecule has 0 atom stereocenters. The van der Waals surface area contributed by atoms with Crippen LogP contribution in [0.3, 0.4) is 0 Å². The number of ether oxygens (including phenoxy) is 1. The number of aliphatic carboxylic acids is 1. The summed E-state index contributed by atoms with van der Waals surface area (Å²) in [6.45, 7) is 2.68. The molecule has 4 heteroatoms. The van der Waals surface area contributed by atoms with Gasteiger partial charge < -0.3 is 14.3 Å². The number of furan rings is 1. The van der Waals surface area contributed by atoms with Gasteiger partial charge >= 0.3 is 5.97 Å². The number of hydrogen-bond acceptors (Lipinski definition) is 3. The Labute approximate surface area is 98.8 Å². The van der Waals surface area contributed by atoms with Crippen LogP contribution < -0.4 is 4.74 Å². The molecule has 0 saturated carbocycles. The molecule has 0 saturated heterocycles. The highest BCUT2D eigenvalue weighted by atomic mass is 16.5. The minimum atomic E-state index is -0.868. The van der Waals surface area contributed by atoms with E-state index in [-0.39, 0.29) is 6.42 Å². The van der Waals surface area contributed by atoms with Gasteiger partial charge in [0.25, 0.3) is 0 Å². The fourth-order valence-electron chi connectivity index (χ4n) is 1.67. The number of rotatable bonds is 5. The van der Waals surface area contributed by atoms with Gasteiger partial charge in [0.15, 0.2) is 0 Å². The Morgan fingerprint density at radius 2 is 2.29 bits per heavy atom.